The summed E-state index contributed by atoms with van der Waals surface area (Å²) in [5.41, 5.74) is 0. The first kappa shape index (κ1) is 16.3. The predicted octanol–water partition coefficient (Wildman–Crippen LogP) is -0.232. The number of rotatable bonds is 5. The van der Waals surface area contributed by atoms with Gasteiger partial charge in [-0.3, -0.25) is 9.13 Å². The van der Waals surface area contributed by atoms with Gasteiger partial charge in [0.15, 0.2) is 0 Å². The van der Waals surface area contributed by atoms with E-state index in [1.54, 1.807) is 0 Å². The summed E-state index contributed by atoms with van der Waals surface area (Å²) in [7, 11) is -10.6. The van der Waals surface area contributed by atoms with Gasteiger partial charge in [0.2, 0.25) is 0 Å². The quantitative estimate of drug-likeness (QED) is 0.382. The lowest BCUT2D eigenvalue weighted by molar-refractivity contribution is 0.114. The molecule has 0 aromatic heterocycles. The number of nitrogens with one attached hydrogen (secondary N) is 1. The third kappa shape index (κ3) is 3.62. The van der Waals surface area contributed by atoms with E-state index in [9.17, 15) is 14.2 Å². The van der Waals surface area contributed by atoms with Crippen LogP contribution in [0.2, 0.25) is 0 Å². The van der Waals surface area contributed by atoms with E-state index in [1.807, 2.05) is 0 Å². The molecule has 108 valence electrons. The molecule has 0 saturated carbocycles. The van der Waals surface area contributed by atoms with Gasteiger partial charge in [-0.15, -0.1) is 0 Å². The number of hydrogen-bond acceptors (Lipinski definition) is 4. The fourth-order valence-electron chi connectivity index (χ4n) is 2.03. The van der Waals surface area contributed by atoms with Gasteiger partial charge in [0, 0.05) is 6.42 Å². The second-order valence-electron chi connectivity index (χ2n) is 4.59. The van der Waals surface area contributed by atoms with Crippen LogP contribution < -0.4 is 5.32 Å². The van der Waals surface area contributed by atoms with Crippen molar-refractivity contribution < 1.29 is 33.8 Å². The molecule has 1 aliphatic rings. The number of hydrogen-bond donors (Lipinski definition) is 6. The van der Waals surface area contributed by atoms with Crippen molar-refractivity contribution in [1.29, 1.82) is 0 Å². The summed E-state index contributed by atoms with van der Waals surface area (Å²) in [5.74, 6) is 0.107. The van der Waals surface area contributed by atoms with E-state index in [2.05, 4.69) is 5.32 Å². The molecule has 1 saturated heterocycles. The molecule has 1 heterocycles. The monoisotopic (exact) mass is 303 g/mol. The van der Waals surface area contributed by atoms with Crippen molar-refractivity contribution in [1.82, 2.24) is 5.32 Å². The second kappa shape index (κ2) is 5.69. The van der Waals surface area contributed by atoms with Crippen LogP contribution in [0.4, 0.5) is 0 Å². The van der Waals surface area contributed by atoms with Crippen LogP contribution in [0, 0.1) is 5.92 Å². The van der Waals surface area contributed by atoms with E-state index in [1.165, 1.54) is 0 Å². The van der Waals surface area contributed by atoms with Crippen molar-refractivity contribution in [2.75, 3.05) is 13.1 Å². The van der Waals surface area contributed by atoms with Crippen molar-refractivity contribution in [2.24, 2.45) is 5.92 Å². The van der Waals surface area contributed by atoms with E-state index >= 15 is 0 Å². The van der Waals surface area contributed by atoms with E-state index in [-0.39, 0.29) is 12.3 Å². The average molecular weight is 303 g/mol. The summed E-state index contributed by atoms with van der Waals surface area (Å²) >= 11 is 0. The smallest absolute Gasteiger partial charge is 0.368 e. The molecule has 0 bridgehead atoms. The minimum Gasteiger partial charge on any atom is -0.368 e. The molecule has 0 aliphatic carbocycles. The van der Waals surface area contributed by atoms with Gasteiger partial charge in [0.1, 0.15) is 0 Å². The maximum absolute atomic E-state index is 11.1. The van der Waals surface area contributed by atoms with Gasteiger partial charge < -0.3 is 30.0 Å². The van der Waals surface area contributed by atoms with Crippen LogP contribution in [0.25, 0.3) is 0 Å². The number of aliphatic hydroxyl groups is 1. The molecule has 8 nitrogen and oxygen atoms in total. The lowest BCUT2D eigenvalue weighted by Crippen LogP contribution is -2.32. The highest BCUT2D eigenvalue weighted by molar-refractivity contribution is 7.72. The minimum atomic E-state index is -5.30. The Morgan fingerprint density at radius 3 is 1.89 bits per heavy atom. The molecule has 0 spiro atoms. The molecule has 0 amide bonds. The summed E-state index contributed by atoms with van der Waals surface area (Å²) in [4.78, 5) is 35.8. The fourth-order valence-corrected chi connectivity index (χ4v) is 4.23. The van der Waals surface area contributed by atoms with Crippen LogP contribution in [0.1, 0.15) is 25.7 Å². The van der Waals surface area contributed by atoms with Crippen molar-refractivity contribution in [2.45, 2.75) is 30.8 Å². The van der Waals surface area contributed by atoms with E-state index in [0.29, 0.717) is 0 Å². The lowest BCUT2D eigenvalue weighted by atomic mass is 9.93. The van der Waals surface area contributed by atoms with Crippen LogP contribution in [0.3, 0.4) is 0 Å². The van der Waals surface area contributed by atoms with Gasteiger partial charge in [-0.2, -0.15) is 0 Å². The van der Waals surface area contributed by atoms with Gasteiger partial charge in [0.25, 0.3) is 5.08 Å². The summed E-state index contributed by atoms with van der Waals surface area (Å²) < 4.78 is 22.2. The van der Waals surface area contributed by atoms with Crippen molar-refractivity contribution in [3.8, 4) is 0 Å². The highest BCUT2D eigenvalue weighted by Crippen LogP contribution is 2.69. The Morgan fingerprint density at radius 1 is 1.06 bits per heavy atom. The SMILES string of the molecule is O=P(O)(O)C(O)(CCC1CCNCC1)P(=O)(O)O. The maximum Gasteiger partial charge on any atom is 0.369 e. The van der Waals surface area contributed by atoms with Crippen LogP contribution in [0.15, 0.2) is 0 Å². The summed E-state index contributed by atoms with van der Waals surface area (Å²) in [6, 6.07) is 0. The molecule has 1 fully saturated rings. The van der Waals surface area contributed by atoms with Crippen LogP contribution >= 0.6 is 15.2 Å². The molecule has 10 heteroatoms. The molecule has 0 atom stereocenters. The molecular formula is C8H19NO7P2. The topological polar surface area (TPSA) is 147 Å². The Labute approximate surface area is 105 Å². The van der Waals surface area contributed by atoms with Crippen molar-refractivity contribution >= 4 is 15.2 Å². The van der Waals surface area contributed by atoms with Gasteiger partial charge in [-0.25, -0.2) is 0 Å². The Bertz CT molecular complexity index is 348. The first-order valence-corrected chi connectivity index (χ1v) is 8.85. The highest BCUT2D eigenvalue weighted by atomic mass is 31.2. The highest BCUT2D eigenvalue weighted by Gasteiger charge is 2.58. The van der Waals surface area contributed by atoms with Crippen LogP contribution in [-0.2, 0) is 9.13 Å². The first-order valence-electron chi connectivity index (χ1n) is 5.62. The Kier molecular flexibility index (Phi) is 5.14. The zero-order valence-electron chi connectivity index (χ0n) is 9.77. The molecule has 1 aliphatic heterocycles. The standard InChI is InChI=1S/C8H19NO7P2/c10-8(17(11,12)13,18(14,15)16)4-1-7-2-5-9-6-3-7/h7,9-10H,1-6H2,(H2,11,12,13)(H2,14,15,16). The van der Waals surface area contributed by atoms with Crippen molar-refractivity contribution in [3.05, 3.63) is 0 Å². The van der Waals surface area contributed by atoms with Gasteiger partial charge in [-0.05, 0) is 38.3 Å². The molecule has 0 radical (unpaired) electrons. The lowest BCUT2D eigenvalue weighted by Gasteiger charge is -2.31. The Balaban J connectivity index is 2.74. The van der Waals surface area contributed by atoms with E-state index in [4.69, 9.17) is 19.6 Å². The van der Waals surface area contributed by atoms with E-state index < -0.39 is 26.7 Å². The molecular weight excluding hydrogens is 284 g/mol. The van der Waals surface area contributed by atoms with Crippen LogP contribution in [-0.4, -0.2) is 42.9 Å². The molecule has 0 aromatic rings. The molecule has 1 rings (SSSR count). The largest absolute Gasteiger partial charge is 0.369 e. The molecule has 18 heavy (non-hydrogen) atoms. The minimum absolute atomic E-state index is 0.107. The Morgan fingerprint density at radius 2 is 1.50 bits per heavy atom. The van der Waals surface area contributed by atoms with Crippen LogP contribution in [0.5, 0.6) is 0 Å². The fraction of sp³-hybridized carbons (Fsp3) is 1.00. The van der Waals surface area contributed by atoms with Gasteiger partial charge >= 0.3 is 15.2 Å². The van der Waals surface area contributed by atoms with Crippen molar-refractivity contribution in [3.63, 3.8) is 0 Å². The second-order valence-corrected chi connectivity index (χ2v) is 8.60. The Hall–Kier alpha value is 0.220. The van der Waals surface area contributed by atoms with Gasteiger partial charge in [-0.1, -0.05) is 0 Å². The maximum atomic E-state index is 11.1. The summed E-state index contributed by atoms with van der Waals surface area (Å²) in [5, 5.41) is 9.52. The first-order chi connectivity index (χ1) is 8.08. The number of piperidine rings is 1. The third-order valence-electron chi connectivity index (χ3n) is 3.28. The third-order valence-corrected chi connectivity index (χ3v) is 7.16. The average Bonchev–Trinajstić information content (AvgIpc) is 2.24. The predicted molar refractivity (Wildman–Crippen MR) is 63.9 cm³/mol. The molecule has 0 unspecified atom stereocenters. The normalized spacial score (nSPS) is 20.1. The zero-order chi connectivity index (χ0) is 14.0. The summed E-state index contributed by atoms with van der Waals surface area (Å²) in [6.45, 7) is 1.52. The summed E-state index contributed by atoms with van der Waals surface area (Å²) in [6.07, 6.45) is 1.09. The molecule has 0 aromatic carbocycles. The van der Waals surface area contributed by atoms with E-state index in [0.717, 1.165) is 25.9 Å². The molecule has 6 N–H and O–H groups in total. The zero-order valence-corrected chi connectivity index (χ0v) is 11.6. The van der Waals surface area contributed by atoms with Gasteiger partial charge in [0.05, 0.1) is 0 Å².